The minimum absolute atomic E-state index is 0.371. The molecule has 5 nitrogen and oxygen atoms in total. The lowest BCUT2D eigenvalue weighted by Crippen LogP contribution is -2.13. The summed E-state index contributed by atoms with van der Waals surface area (Å²) in [5.74, 6) is -0.224. The lowest BCUT2D eigenvalue weighted by atomic mass is 10.1. The molecule has 1 aromatic carbocycles. The van der Waals surface area contributed by atoms with Gasteiger partial charge in [-0.15, -0.1) is 0 Å². The molecule has 19 heavy (non-hydrogen) atoms. The van der Waals surface area contributed by atoms with Crippen molar-refractivity contribution in [3.05, 3.63) is 29.8 Å². The summed E-state index contributed by atoms with van der Waals surface area (Å²) in [7, 11) is 1.49. The molecular weight excluding hydrogens is 246 g/mol. The van der Waals surface area contributed by atoms with Crippen molar-refractivity contribution in [2.24, 2.45) is 0 Å². The van der Waals surface area contributed by atoms with Gasteiger partial charge in [-0.3, -0.25) is 0 Å². The largest absolute Gasteiger partial charge is 0.493 e. The van der Waals surface area contributed by atoms with Crippen LogP contribution in [0.3, 0.4) is 0 Å². The molecule has 5 heteroatoms. The van der Waals surface area contributed by atoms with E-state index in [1.807, 2.05) is 13.0 Å². The average molecular weight is 261 g/mol. The van der Waals surface area contributed by atoms with Crippen molar-refractivity contribution in [3.63, 3.8) is 0 Å². The molecular formula is C14H15NO4. The monoisotopic (exact) mass is 261 g/mol. The standard InChI is InChI=1S/C14H15NO4/c1-3-11(9-15)19-14-10(7-8-13(16)17)5-4-6-12(14)18-2/h4-8,11H,3H2,1-2H3,(H,16,17). The van der Waals surface area contributed by atoms with Crippen LogP contribution in [0.5, 0.6) is 11.5 Å². The lowest BCUT2D eigenvalue weighted by Gasteiger charge is -2.15. The van der Waals surface area contributed by atoms with Crippen molar-refractivity contribution in [3.8, 4) is 17.6 Å². The molecule has 1 atom stereocenters. The number of benzene rings is 1. The number of ether oxygens (including phenoxy) is 2. The summed E-state index contributed by atoms with van der Waals surface area (Å²) in [5.41, 5.74) is 0.551. The molecule has 0 aliphatic heterocycles. The Morgan fingerprint density at radius 1 is 1.58 bits per heavy atom. The molecule has 100 valence electrons. The first-order valence-electron chi connectivity index (χ1n) is 5.76. The Hall–Kier alpha value is -2.48. The molecule has 1 unspecified atom stereocenters. The van der Waals surface area contributed by atoms with Crippen LogP contribution >= 0.6 is 0 Å². The quantitative estimate of drug-likeness (QED) is 0.796. The predicted octanol–water partition coefficient (Wildman–Crippen LogP) is 2.47. The first-order valence-corrected chi connectivity index (χ1v) is 5.76. The summed E-state index contributed by atoms with van der Waals surface area (Å²) >= 11 is 0. The number of carboxylic acids is 1. The van der Waals surface area contributed by atoms with Gasteiger partial charge >= 0.3 is 5.97 Å². The van der Waals surface area contributed by atoms with Gasteiger partial charge < -0.3 is 14.6 Å². The van der Waals surface area contributed by atoms with Crippen molar-refractivity contribution >= 4 is 12.0 Å². The van der Waals surface area contributed by atoms with E-state index in [1.165, 1.54) is 13.2 Å². The fourth-order valence-electron chi connectivity index (χ4n) is 1.46. The summed E-state index contributed by atoms with van der Waals surface area (Å²) in [6.45, 7) is 1.83. The smallest absolute Gasteiger partial charge is 0.328 e. The highest BCUT2D eigenvalue weighted by molar-refractivity contribution is 5.86. The zero-order valence-electron chi connectivity index (χ0n) is 10.8. The second-order valence-corrected chi connectivity index (χ2v) is 3.69. The van der Waals surface area contributed by atoms with Crippen LogP contribution in [0.25, 0.3) is 6.08 Å². The van der Waals surface area contributed by atoms with Gasteiger partial charge in [0.1, 0.15) is 6.07 Å². The van der Waals surface area contributed by atoms with Crippen LogP contribution in [0.2, 0.25) is 0 Å². The van der Waals surface area contributed by atoms with Crippen molar-refractivity contribution in [2.45, 2.75) is 19.4 Å². The number of aliphatic carboxylic acids is 1. The van der Waals surface area contributed by atoms with Gasteiger partial charge in [-0.1, -0.05) is 19.1 Å². The molecule has 0 saturated heterocycles. The number of hydrogen-bond acceptors (Lipinski definition) is 4. The third-order valence-electron chi connectivity index (χ3n) is 2.41. The molecule has 0 saturated carbocycles. The van der Waals surface area contributed by atoms with Gasteiger partial charge in [0.15, 0.2) is 17.6 Å². The molecule has 1 aromatic rings. The fraction of sp³-hybridized carbons (Fsp3) is 0.286. The molecule has 0 radical (unpaired) electrons. The van der Waals surface area contributed by atoms with Crippen LogP contribution in [-0.4, -0.2) is 24.3 Å². The Balaban J connectivity index is 3.16. The Bertz CT molecular complexity index is 517. The maximum Gasteiger partial charge on any atom is 0.328 e. The van der Waals surface area contributed by atoms with Gasteiger partial charge in [0, 0.05) is 11.6 Å². The van der Waals surface area contributed by atoms with Gasteiger partial charge in [-0.25, -0.2) is 4.79 Å². The number of nitrogens with zero attached hydrogens (tertiary/aromatic N) is 1. The summed E-state index contributed by atoms with van der Waals surface area (Å²) in [4.78, 5) is 10.6. The number of para-hydroxylation sites is 1. The molecule has 0 aromatic heterocycles. The maximum absolute atomic E-state index is 10.6. The Morgan fingerprint density at radius 2 is 2.32 bits per heavy atom. The van der Waals surface area contributed by atoms with Crippen molar-refractivity contribution < 1.29 is 19.4 Å². The van der Waals surface area contributed by atoms with Gasteiger partial charge in [0.05, 0.1) is 7.11 Å². The summed E-state index contributed by atoms with van der Waals surface area (Å²) < 4.78 is 10.7. The predicted molar refractivity (Wildman–Crippen MR) is 70.0 cm³/mol. The van der Waals surface area contributed by atoms with Gasteiger partial charge in [-0.2, -0.15) is 5.26 Å². The number of nitriles is 1. The van der Waals surface area contributed by atoms with E-state index in [9.17, 15) is 4.79 Å². The van der Waals surface area contributed by atoms with Crippen LogP contribution in [-0.2, 0) is 4.79 Å². The highest BCUT2D eigenvalue weighted by Crippen LogP contribution is 2.33. The SMILES string of the molecule is CCC(C#N)Oc1c(C=CC(=O)O)cccc1OC. The molecule has 1 N–H and O–H groups in total. The van der Waals surface area contributed by atoms with E-state index in [1.54, 1.807) is 18.2 Å². The fourth-order valence-corrected chi connectivity index (χ4v) is 1.46. The number of carbonyl (C=O) groups is 1. The Morgan fingerprint density at radius 3 is 2.84 bits per heavy atom. The topological polar surface area (TPSA) is 79.5 Å². The van der Waals surface area contributed by atoms with Crippen LogP contribution < -0.4 is 9.47 Å². The van der Waals surface area contributed by atoms with E-state index in [4.69, 9.17) is 19.8 Å². The summed E-state index contributed by atoms with van der Waals surface area (Å²) in [6.07, 6.45) is 2.34. The minimum atomic E-state index is -1.05. The van der Waals surface area contributed by atoms with Crippen LogP contribution in [0.1, 0.15) is 18.9 Å². The van der Waals surface area contributed by atoms with Crippen LogP contribution in [0.4, 0.5) is 0 Å². The van der Waals surface area contributed by atoms with Crippen molar-refractivity contribution in [1.29, 1.82) is 5.26 Å². The zero-order valence-corrected chi connectivity index (χ0v) is 10.8. The van der Waals surface area contributed by atoms with Crippen LogP contribution in [0, 0.1) is 11.3 Å². The Kier molecular flexibility index (Phi) is 5.42. The van der Waals surface area contributed by atoms with E-state index < -0.39 is 12.1 Å². The number of methoxy groups -OCH3 is 1. The molecule has 0 bridgehead atoms. The molecule has 1 rings (SSSR count). The molecule has 0 fully saturated rings. The molecule has 0 amide bonds. The Labute approximate surface area is 111 Å². The summed E-state index contributed by atoms with van der Waals surface area (Å²) in [5, 5.41) is 17.6. The lowest BCUT2D eigenvalue weighted by molar-refractivity contribution is -0.131. The third kappa shape index (κ3) is 4.03. The van der Waals surface area contributed by atoms with E-state index in [0.29, 0.717) is 23.5 Å². The second kappa shape index (κ2) is 7.07. The minimum Gasteiger partial charge on any atom is -0.493 e. The molecule has 0 aliphatic carbocycles. The van der Waals surface area contributed by atoms with E-state index >= 15 is 0 Å². The normalized spacial score (nSPS) is 11.8. The molecule has 0 spiro atoms. The number of carboxylic acid groups (broad SMARTS) is 1. The summed E-state index contributed by atoms with van der Waals surface area (Å²) in [6, 6.07) is 7.14. The average Bonchev–Trinajstić information content (AvgIpc) is 2.42. The highest BCUT2D eigenvalue weighted by Gasteiger charge is 2.14. The van der Waals surface area contributed by atoms with Gasteiger partial charge in [0.2, 0.25) is 0 Å². The van der Waals surface area contributed by atoms with E-state index in [2.05, 4.69) is 0 Å². The van der Waals surface area contributed by atoms with Crippen molar-refractivity contribution in [2.75, 3.05) is 7.11 Å². The molecule has 0 heterocycles. The van der Waals surface area contributed by atoms with Gasteiger partial charge in [0.25, 0.3) is 0 Å². The second-order valence-electron chi connectivity index (χ2n) is 3.69. The maximum atomic E-state index is 10.6. The van der Waals surface area contributed by atoms with Crippen molar-refractivity contribution in [1.82, 2.24) is 0 Å². The van der Waals surface area contributed by atoms with E-state index in [-0.39, 0.29) is 0 Å². The van der Waals surface area contributed by atoms with E-state index in [0.717, 1.165) is 6.08 Å². The highest BCUT2D eigenvalue weighted by atomic mass is 16.5. The van der Waals surface area contributed by atoms with Crippen LogP contribution in [0.15, 0.2) is 24.3 Å². The third-order valence-corrected chi connectivity index (χ3v) is 2.41. The number of hydrogen-bond donors (Lipinski definition) is 1. The first kappa shape index (κ1) is 14.6. The number of rotatable bonds is 6. The van der Waals surface area contributed by atoms with Gasteiger partial charge in [-0.05, 0) is 18.6 Å². The first-order chi connectivity index (χ1) is 9.12. The molecule has 0 aliphatic rings. The zero-order chi connectivity index (χ0) is 14.3.